The van der Waals surface area contributed by atoms with Gasteiger partial charge in [0.15, 0.2) is 23.3 Å². The molecule has 0 N–H and O–H groups in total. The molecule has 1 aromatic carbocycles. The molecule has 10 heteroatoms. The summed E-state index contributed by atoms with van der Waals surface area (Å²) in [5.41, 5.74) is -1.18. The highest BCUT2D eigenvalue weighted by atomic mass is 19.2. The molecule has 1 fully saturated rings. The first-order valence-corrected chi connectivity index (χ1v) is 12.0. The molecule has 0 unspecified atom stereocenters. The molecule has 35 heavy (non-hydrogen) atoms. The number of likely N-dealkylation sites (N-methyl/N-ethyl adjacent to an activating group) is 1. The molecule has 0 bridgehead atoms. The van der Waals surface area contributed by atoms with E-state index in [-0.39, 0.29) is 12.1 Å². The number of hydrogen-bond donors (Lipinski definition) is 0. The maximum absolute atomic E-state index is 13.8. The van der Waals surface area contributed by atoms with Crippen molar-refractivity contribution in [2.75, 3.05) is 33.8 Å². The highest BCUT2D eigenvalue weighted by Gasteiger charge is 2.30. The minimum atomic E-state index is -2.25. The summed E-state index contributed by atoms with van der Waals surface area (Å²) in [6.07, 6.45) is 8.34. The van der Waals surface area contributed by atoms with E-state index in [9.17, 15) is 26.7 Å². The van der Waals surface area contributed by atoms with Crippen molar-refractivity contribution in [1.29, 1.82) is 0 Å². The molecule has 5 nitrogen and oxygen atoms in total. The molecule has 0 saturated heterocycles. The molecule has 0 heterocycles. The van der Waals surface area contributed by atoms with E-state index in [0.29, 0.717) is 19.4 Å². The predicted molar refractivity (Wildman–Crippen MR) is 122 cm³/mol. The summed E-state index contributed by atoms with van der Waals surface area (Å²) in [4.78, 5) is 15.8. The summed E-state index contributed by atoms with van der Waals surface area (Å²) in [6.45, 7) is 5.31. The number of halogens is 5. The van der Waals surface area contributed by atoms with Gasteiger partial charge in [0.2, 0.25) is 5.82 Å². The van der Waals surface area contributed by atoms with Gasteiger partial charge in [-0.25, -0.2) is 26.7 Å². The van der Waals surface area contributed by atoms with Crippen LogP contribution in [0.3, 0.4) is 0 Å². The zero-order valence-electron chi connectivity index (χ0n) is 20.4. The van der Waals surface area contributed by atoms with Crippen LogP contribution in [0.15, 0.2) is 12.7 Å². The average molecular weight is 507 g/mol. The van der Waals surface area contributed by atoms with Gasteiger partial charge in [0.05, 0.1) is 11.7 Å². The highest BCUT2D eigenvalue weighted by Crippen LogP contribution is 2.27. The Morgan fingerprint density at radius 1 is 0.914 bits per heavy atom. The van der Waals surface area contributed by atoms with Gasteiger partial charge >= 0.3 is 6.09 Å². The minimum Gasteiger partial charge on any atom is -0.444 e. The molecule has 0 atom stereocenters. The van der Waals surface area contributed by atoms with Crippen molar-refractivity contribution in [1.82, 2.24) is 9.80 Å². The Kier molecular flexibility index (Phi) is 11.9. The van der Waals surface area contributed by atoms with Gasteiger partial charge in [0.25, 0.3) is 0 Å². The van der Waals surface area contributed by atoms with Gasteiger partial charge in [0, 0.05) is 26.2 Å². The lowest BCUT2D eigenvalue weighted by Gasteiger charge is -2.34. The lowest BCUT2D eigenvalue weighted by Crippen LogP contribution is -2.41. The fourth-order valence-corrected chi connectivity index (χ4v) is 4.16. The van der Waals surface area contributed by atoms with Crippen molar-refractivity contribution < 1.29 is 36.2 Å². The predicted octanol–water partition coefficient (Wildman–Crippen LogP) is 5.96. The molecule has 0 radical (unpaired) electrons. The molecule has 1 aliphatic rings. The lowest BCUT2D eigenvalue weighted by atomic mass is 9.92. The second kappa shape index (κ2) is 14.4. The Morgan fingerprint density at radius 3 is 2.09 bits per heavy atom. The van der Waals surface area contributed by atoms with E-state index in [4.69, 9.17) is 9.47 Å². The van der Waals surface area contributed by atoms with Crippen molar-refractivity contribution in [2.45, 2.75) is 70.1 Å². The van der Waals surface area contributed by atoms with E-state index >= 15 is 0 Å². The van der Waals surface area contributed by atoms with Crippen LogP contribution in [0.2, 0.25) is 0 Å². The van der Waals surface area contributed by atoms with Gasteiger partial charge in [-0.15, -0.1) is 6.58 Å². The van der Waals surface area contributed by atoms with Gasteiger partial charge in [-0.05, 0) is 52.1 Å². The van der Waals surface area contributed by atoms with Crippen LogP contribution in [0.1, 0.15) is 56.9 Å². The average Bonchev–Trinajstić information content (AvgIpc) is 2.85. The number of benzene rings is 1. The largest absolute Gasteiger partial charge is 0.444 e. The van der Waals surface area contributed by atoms with Crippen molar-refractivity contribution in [2.24, 2.45) is 0 Å². The maximum Gasteiger partial charge on any atom is 0.410 e. The van der Waals surface area contributed by atoms with Crippen LogP contribution in [0, 0.1) is 29.1 Å². The third-order valence-electron chi connectivity index (χ3n) is 6.35. The summed E-state index contributed by atoms with van der Waals surface area (Å²) in [6, 6.07) is -0.161. The topological polar surface area (TPSA) is 42.0 Å². The Bertz CT molecular complexity index is 818. The fraction of sp³-hybridized carbons (Fsp3) is 0.640. The number of carbonyl (C=O) groups excluding carboxylic acids is 1. The number of hydrogen-bond acceptors (Lipinski definition) is 4. The van der Waals surface area contributed by atoms with Crippen LogP contribution in [0.4, 0.5) is 26.7 Å². The van der Waals surface area contributed by atoms with E-state index in [0.717, 1.165) is 51.6 Å². The van der Waals surface area contributed by atoms with Crippen molar-refractivity contribution in [3.8, 4) is 0 Å². The van der Waals surface area contributed by atoms with Crippen LogP contribution < -0.4 is 0 Å². The molecule has 2 rings (SSSR count). The van der Waals surface area contributed by atoms with Crippen LogP contribution in [-0.4, -0.2) is 61.8 Å². The number of unbranched alkanes of at least 4 members (excludes halogenated alkanes) is 3. The monoisotopic (exact) mass is 506 g/mol. The number of carbonyl (C=O) groups is 1. The summed E-state index contributed by atoms with van der Waals surface area (Å²) in [5, 5.41) is 0. The lowest BCUT2D eigenvalue weighted by molar-refractivity contribution is 0.00676. The molecule has 198 valence electrons. The zero-order chi connectivity index (χ0) is 26.0. The Hall–Kier alpha value is -2.20. The van der Waals surface area contributed by atoms with Crippen LogP contribution >= 0.6 is 0 Å². The number of rotatable bonds is 13. The first kappa shape index (κ1) is 29.0. The van der Waals surface area contributed by atoms with E-state index in [1.54, 1.807) is 0 Å². The zero-order valence-corrected chi connectivity index (χ0v) is 20.4. The molecule has 0 aromatic heterocycles. The first-order valence-electron chi connectivity index (χ1n) is 12.0. The number of amides is 1. The smallest absolute Gasteiger partial charge is 0.410 e. The van der Waals surface area contributed by atoms with Crippen LogP contribution in [0.5, 0.6) is 0 Å². The van der Waals surface area contributed by atoms with Crippen molar-refractivity contribution in [3.63, 3.8) is 0 Å². The second-order valence-corrected chi connectivity index (χ2v) is 8.98. The molecule has 1 amide bonds. The summed E-state index contributed by atoms with van der Waals surface area (Å²) in [7, 11) is 3.56. The number of nitrogens with zero attached hydrogens (tertiary/aromatic N) is 2. The fourth-order valence-electron chi connectivity index (χ4n) is 4.16. The molecule has 0 aliphatic heterocycles. The Balaban J connectivity index is 1.66. The minimum absolute atomic E-state index is 0.114. The van der Waals surface area contributed by atoms with Crippen LogP contribution in [-0.2, 0) is 16.1 Å². The quantitative estimate of drug-likeness (QED) is 0.109. The molecule has 1 aliphatic carbocycles. The van der Waals surface area contributed by atoms with E-state index < -0.39 is 47.3 Å². The molecular formula is C25H35F5N2O3. The van der Waals surface area contributed by atoms with Crippen molar-refractivity contribution >= 4 is 6.09 Å². The third kappa shape index (κ3) is 8.45. The maximum atomic E-state index is 13.8. The molecular weight excluding hydrogens is 471 g/mol. The molecule has 0 spiro atoms. The van der Waals surface area contributed by atoms with E-state index in [1.165, 1.54) is 11.9 Å². The van der Waals surface area contributed by atoms with Gasteiger partial charge in [-0.2, -0.15) is 0 Å². The molecule has 1 aromatic rings. The Morgan fingerprint density at radius 2 is 1.49 bits per heavy atom. The normalized spacial score (nSPS) is 18.1. The third-order valence-corrected chi connectivity index (χ3v) is 6.35. The summed E-state index contributed by atoms with van der Waals surface area (Å²) >= 11 is 0. The summed E-state index contributed by atoms with van der Waals surface area (Å²) < 4.78 is 78.1. The van der Waals surface area contributed by atoms with Crippen molar-refractivity contribution in [3.05, 3.63) is 47.3 Å². The van der Waals surface area contributed by atoms with E-state index in [2.05, 4.69) is 18.5 Å². The van der Waals surface area contributed by atoms with Gasteiger partial charge in [-0.3, -0.25) is 0 Å². The first-order chi connectivity index (χ1) is 16.7. The van der Waals surface area contributed by atoms with Gasteiger partial charge < -0.3 is 19.3 Å². The van der Waals surface area contributed by atoms with E-state index in [1.807, 2.05) is 6.08 Å². The standard InChI is InChI=1S/C25H35F5N2O3/c1-4-13-31(2)14-7-5-6-8-15-34-18-11-9-17(10-12-18)32(3)25(33)35-16-19-20(26)22(28)24(30)23(29)21(19)27/h4,17-18H,1,5-16H2,2-3H3/t17-,18-. The van der Waals surface area contributed by atoms with Crippen LogP contribution in [0.25, 0.3) is 0 Å². The van der Waals surface area contributed by atoms with Gasteiger partial charge in [-0.1, -0.05) is 18.9 Å². The second-order valence-electron chi connectivity index (χ2n) is 8.98. The Labute approximate surface area is 203 Å². The SMILES string of the molecule is C=CCN(C)CCCCCCO[C@H]1CC[C@H](N(C)C(=O)OCc2c(F)c(F)c(F)c(F)c2F)CC1. The summed E-state index contributed by atoms with van der Waals surface area (Å²) in [5.74, 6) is -10.4. The van der Waals surface area contributed by atoms with Gasteiger partial charge in [0.1, 0.15) is 6.61 Å². The highest BCUT2D eigenvalue weighted by molar-refractivity contribution is 5.67. The number of ether oxygens (including phenoxy) is 2. The molecule has 1 saturated carbocycles.